The molecule has 110 valence electrons. The van der Waals surface area contributed by atoms with Crippen molar-refractivity contribution in [2.75, 3.05) is 0 Å². The highest BCUT2D eigenvalue weighted by Gasteiger charge is 2.14. The minimum Gasteiger partial charge on any atom is -0.436 e. The number of aromatic amines is 1. The Bertz CT molecular complexity index is 1170. The zero-order valence-electron chi connectivity index (χ0n) is 12.0. The number of fused-ring (bicyclic) bond motifs is 5. The summed E-state index contributed by atoms with van der Waals surface area (Å²) in [4.78, 5) is 8.19. The summed E-state index contributed by atoms with van der Waals surface area (Å²) >= 11 is 3.54. The molecule has 0 spiro atoms. The quantitative estimate of drug-likeness (QED) is 0.403. The highest BCUT2D eigenvalue weighted by atomic mass is 79.9. The van der Waals surface area contributed by atoms with Crippen LogP contribution < -0.4 is 0 Å². The van der Waals surface area contributed by atoms with Gasteiger partial charge in [-0.1, -0.05) is 34.1 Å². The number of aromatic nitrogens is 2. The molecule has 23 heavy (non-hydrogen) atoms. The van der Waals surface area contributed by atoms with Crippen LogP contribution in [0.25, 0.3) is 44.4 Å². The number of oxazole rings is 1. The van der Waals surface area contributed by atoms with Crippen LogP contribution in [0.3, 0.4) is 0 Å². The summed E-state index contributed by atoms with van der Waals surface area (Å²) in [7, 11) is 0. The molecule has 0 saturated heterocycles. The van der Waals surface area contributed by atoms with Crippen LogP contribution in [0.15, 0.2) is 69.6 Å². The van der Waals surface area contributed by atoms with E-state index in [4.69, 9.17) is 9.40 Å². The van der Waals surface area contributed by atoms with Crippen molar-refractivity contribution < 1.29 is 4.42 Å². The summed E-state index contributed by atoms with van der Waals surface area (Å²) < 4.78 is 7.01. The Kier molecular flexibility index (Phi) is 2.64. The normalized spacial score (nSPS) is 11.7. The molecule has 2 heterocycles. The summed E-state index contributed by atoms with van der Waals surface area (Å²) in [6.45, 7) is 0. The van der Waals surface area contributed by atoms with E-state index in [0.717, 1.165) is 37.6 Å². The van der Waals surface area contributed by atoms with Gasteiger partial charge < -0.3 is 9.40 Å². The number of hydrogen-bond acceptors (Lipinski definition) is 2. The SMILES string of the molecule is Brc1ccc2[nH]c3c(ccc4oc(-c5ccccc5)nc43)c2c1. The second kappa shape index (κ2) is 4.70. The molecule has 3 aromatic carbocycles. The summed E-state index contributed by atoms with van der Waals surface area (Å²) in [6, 6.07) is 20.3. The Balaban J connectivity index is 1.86. The summed E-state index contributed by atoms with van der Waals surface area (Å²) in [6.07, 6.45) is 0. The highest BCUT2D eigenvalue weighted by Crippen LogP contribution is 2.34. The fourth-order valence-electron chi connectivity index (χ4n) is 3.03. The van der Waals surface area contributed by atoms with Crippen molar-refractivity contribution in [2.45, 2.75) is 0 Å². The van der Waals surface area contributed by atoms with Gasteiger partial charge in [0.2, 0.25) is 5.89 Å². The van der Waals surface area contributed by atoms with E-state index in [2.05, 4.69) is 39.1 Å². The molecule has 0 fully saturated rings. The fourth-order valence-corrected chi connectivity index (χ4v) is 3.39. The van der Waals surface area contributed by atoms with Gasteiger partial charge in [-0.15, -0.1) is 0 Å². The topological polar surface area (TPSA) is 41.8 Å². The number of nitrogens with one attached hydrogen (secondary N) is 1. The van der Waals surface area contributed by atoms with Crippen molar-refractivity contribution in [2.24, 2.45) is 0 Å². The molecule has 0 amide bonds. The molecule has 0 aliphatic heterocycles. The molecule has 0 aliphatic carbocycles. The van der Waals surface area contributed by atoms with Gasteiger partial charge in [0.25, 0.3) is 0 Å². The van der Waals surface area contributed by atoms with E-state index in [1.165, 1.54) is 5.39 Å². The predicted molar refractivity (Wildman–Crippen MR) is 96.5 cm³/mol. The summed E-state index contributed by atoms with van der Waals surface area (Å²) in [5.41, 5.74) is 4.76. The molecule has 0 atom stereocenters. The van der Waals surface area contributed by atoms with E-state index >= 15 is 0 Å². The average molecular weight is 363 g/mol. The second-order valence-corrected chi connectivity index (χ2v) is 6.45. The average Bonchev–Trinajstić information content (AvgIpc) is 3.16. The van der Waals surface area contributed by atoms with E-state index in [9.17, 15) is 0 Å². The maximum Gasteiger partial charge on any atom is 0.227 e. The van der Waals surface area contributed by atoms with Crippen LogP contribution in [0, 0.1) is 0 Å². The summed E-state index contributed by atoms with van der Waals surface area (Å²) in [5.74, 6) is 0.646. The summed E-state index contributed by atoms with van der Waals surface area (Å²) in [5, 5.41) is 2.34. The molecule has 1 N–H and O–H groups in total. The van der Waals surface area contributed by atoms with Gasteiger partial charge in [-0.2, -0.15) is 0 Å². The van der Waals surface area contributed by atoms with Crippen molar-refractivity contribution in [1.82, 2.24) is 9.97 Å². The highest BCUT2D eigenvalue weighted by molar-refractivity contribution is 9.10. The van der Waals surface area contributed by atoms with E-state index in [0.29, 0.717) is 5.89 Å². The minimum atomic E-state index is 0.646. The van der Waals surface area contributed by atoms with Crippen LogP contribution in [0.5, 0.6) is 0 Å². The largest absolute Gasteiger partial charge is 0.436 e. The van der Waals surface area contributed by atoms with E-state index in [1.54, 1.807) is 0 Å². The second-order valence-electron chi connectivity index (χ2n) is 5.53. The van der Waals surface area contributed by atoms with Crippen molar-refractivity contribution in [3.63, 3.8) is 0 Å². The zero-order chi connectivity index (χ0) is 15.4. The first-order valence-corrected chi connectivity index (χ1v) is 8.15. The molecule has 5 rings (SSSR count). The van der Waals surface area contributed by atoms with Crippen molar-refractivity contribution in [3.05, 3.63) is 65.1 Å². The van der Waals surface area contributed by atoms with E-state index < -0.39 is 0 Å². The number of rotatable bonds is 1. The Labute approximate surface area is 140 Å². The third-order valence-electron chi connectivity index (χ3n) is 4.11. The Hall–Kier alpha value is -2.59. The van der Waals surface area contributed by atoms with Crippen LogP contribution >= 0.6 is 15.9 Å². The number of benzene rings is 3. The van der Waals surface area contributed by atoms with Crippen molar-refractivity contribution >= 4 is 48.8 Å². The van der Waals surface area contributed by atoms with E-state index in [-0.39, 0.29) is 0 Å². The zero-order valence-corrected chi connectivity index (χ0v) is 13.6. The Morgan fingerprint density at radius 3 is 2.65 bits per heavy atom. The monoisotopic (exact) mass is 362 g/mol. The van der Waals surface area contributed by atoms with Gasteiger partial charge >= 0.3 is 0 Å². The molecule has 0 bridgehead atoms. The lowest BCUT2D eigenvalue weighted by Crippen LogP contribution is -1.76. The smallest absolute Gasteiger partial charge is 0.227 e. The third kappa shape index (κ3) is 1.92. The van der Waals surface area contributed by atoms with Crippen LogP contribution in [-0.4, -0.2) is 9.97 Å². The number of hydrogen-bond donors (Lipinski definition) is 1. The standard InChI is InChI=1S/C19H11BrN2O/c20-12-6-8-15-14(10-12)13-7-9-16-18(17(13)21-15)22-19(23-16)11-4-2-1-3-5-11/h1-10,21H. The van der Waals surface area contributed by atoms with Crippen molar-refractivity contribution in [1.29, 1.82) is 0 Å². The molecule has 5 aromatic rings. The van der Waals surface area contributed by atoms with Crippen LogP contribution in [0.4, 0.5) is 0 Å². The van der Waals surface area contributed by atoms with Crippen LogP contribution in [0.2, 0.25) is 0 Å². The first-order valence-electron chi connectivity index (χ1n) is 7.35. The van der Waals surface area contributed by atoms with Crippen LogP contribution in [-0.2, 0) is 0 Å². The lowest BCUT2D eigenvalue weighted by atomic mass is 10.1. The van der Waals surface area contributed by atoms with Gasteiger partial charge in [-0.05, 0) is 42.5 Å². The van der Waals surface area contributed by atoms with Crippen molar-refractivity contribution in [3.8, 4) is 11.5 Å². The minimum absolute atomic E-state index is 0.646. The number of H-pyrrole nitrogens is 1. The molecule has 3 nitrogen and oxygen atoms in total. The first-order chi connectivity index (χ1) is 11.3. The van der Waals surface area contributed by atoms with Gasteiger partial charge in [-0.25, -0.2) is 4.98 Å². The van der Waals surface area contributed by atoms with Gasteiger partial charge in [0.1, 0.15) is 5.52 Å². The molecular formula is C19H11BrN2O. The maximum absolute atomic E-state index is 5.94. The van der Waals surface area contributed by atoms with Gasteiger partial charge in [0.15, 0.2) is 5.58 Å². The molecule has 0 unspecified atom stereocenters. The van der Waals surface area contributed by atoms with Gasteiger partial charge in [-0.3, -0.25) is 0 Å². The Morgan fingerprint density at radius 1 is 0.913 bits per heavy atom. The first kappa shape index (κ1) is 12.9. The molecule has 2 aromatic heterocycles. The molecular weight excluding hydrogens is 352 g/mol. The van der Waals surface area contributed by atoms with Gasteiger partial charge in [0.05, 0.1) is 5.52 Å². The third-order valence-corrected chi connectivity index (χ3v) is 4.61. The Morgan fingerprint density at radius 2 is 1.78 bits per heavy atom. The van der Waals surface area contributed by atoms with E-state index in [1.807, 2.05) is 42.5 Å². The molecule has 0 saturated carbocycles. The maximum atomic E-state index is 5.94. The van der Waals surface area contributed by atoms with Gasteiger partial charge in [0, 0.05) is 26.3 Å². The predicted octanol–water partition coefficient (Wildman–Crippen LogP) is 5.89. The fraction of sp³-hybridized carbons (Fsp3) is 0. The lowest BCUT2D eigenvalue weighted by molar-refractivity contribution is 0.620. The molecule has 0 radical (unpaired) electrons. The number of nitrogens with zero attached hydrogens (tertiary/aromatic N) is 1. The molecule has 0 aliphatic rings. The molecule has 4 heteroatoms. The lowest BCUT2D eigenvalue weighted by Gasteiger charge is -1.92. The number of halogens is 1. The van der Waals surface area contributed by atoms with Crippen LogP contribution in [0.1, 0.15) is 0 Å².